The molecule has 3 rings (SSSR count). The number of carbonyl (C=O) groups excluding carboxylic acids is 1. The molecule has 96 valence electrons. The number of benzene rings is 2. The Bertz CT molecular complexity index is 632. The van der Waals surface area contributed by atoms with Crippen LogP contribution in [0, 0.1) is 12.7 Å². The molecule has 0 amide bonds. The molecule has 0 saturated heterocycles. The number of halogens is 1. The van der Waals surface area contributed by atoms with Crippen LogP contribution in [0.3, 0.4) is 0 Å². The number of rotatable bonds is 1. The van der Waals surface area contributed by atoms with Crippen LogP contribution in [0.4, 0.5) is 4.39 Å². The Morgan fingerprint density at radius 1 is 1.16 bits per heavy atom. The van der Waals surface area contributed by atoms with E-state index in [9.17, 15) is 9.18 Å². The summed E-state index contributed by atoms with van der Waals surface area (Å²) in [6.07, 6.45) is 0.302. The first-order valence-corrected chi connectivity index (χ1v) is 6.19. The van der Waals surface area contributed by atoms with Gasteiger partial charge in [0.15, 0.2) is 0 Å². The van der Waals surface area contributed by atoms with Crippen molar-refractivity contribution in [1.29, 1.82) is 0 Å². The predicted molar refractivity (Wildman–Crippen MR) is 69.4 cm³/mol. The second-order valence-electron chi connectivity index (χ2n) is 4.81. The Morgan fingerprint density at radius 3 is 2.63 bits per heavy atom. The monoisotopic (exact) mass is 256 g/mol. The summed E-state index contributed by atoms with van der Waals surface area (Å²) in [7, 11) is 0. The summed E-state index contributed by atoms with van der Waals surface area (Å²) in [4.78, 5) is 12.0. The largest absolute Gasteiger partial charge is 0.454 e. The lowest BCUT2D eigenvalue weighted by Gasteiger charge is -2.25. The van der Waals surface area contributed by atoms with Gasteiger partial charge in [0.2, 0.25) is 0 Å². The predicted octanol–water partition coefficient (Wildman–Crippen LogP) is 3.59. The zero-order valence-electron chi connectivity index (χ0n) is 10.5. The normalized spacial score (nSPS) is 17.8. The second kappa shape index (κ2) is 4.50. The average Bonchev–Trinajstić information content (AvgIpc) is 2.40. The van der Waals surface area contributed by atoms with Gasteiger partial charge in [-0.3, -0.25) is 0 Å². The standard InChI is InChI=1S/C16H13FO2/c1-10-2-3-12-9-15(19-16(18)14(12)8-10)11-4-6-13(17)7-5-11/h2-8,15H,9H2,1H3. The number of hydrogen-bond donors (Lipinski definition) is 0. The lowest BCUT2D eigenvalue weighted by Crippen LogP contribution is -2.21. The summed E-state index contributed by atoms with van der Waals surface area (Å²) >= 11 is 0. The van der Waals surface area contributed by atoms with E-state index in [1.165, 1.54) is 12.1 Å². The molecule has 0 N–H and O–H groups in total. The van der Waals surface area contributed by atoms with Crippen molar-refractivity contribution in [3.8, 4) is 0 Å². The number of carbonyl (C=O) groups is 1. The zero-order valence-corrected chi connectivity index (χ0v) is 10.5. The molecule has 19 heavy (non-hydrogen) atoms. The van der Waals surface area contributed by atoms with Gasteiger partial charge in [-0.2, -0.15) is 0 Å². The molecule has 1 aliphatic heterocycles. The third-order valence-electron chi connectivity index (χ3n) is 3.38. The van der Waals surface area contributed by atoms with Gasteiger partial charge in [0, 0.05) is 6.42 Å². The zero-order chi connectivity index (χ0) is 13.4. The fourth-order valence-electron chi connectivity index (χ4n) is 2.36. The van der Waals surface area contributed by atoms with Gasteiger partial charge in [0.1, 0.15) is 11.9 Å². The van der Waals surface area contributed by atoms with Gasteiger partial charge in [-0.05, 0) is 36.2 Å². The number of hydrogen-bond acceptors (Lipinski definition) is 2. The Balaban J connectivity index is 1.95. The quantitative estimate of drug-likeness (QED) is 0.729. The maximum atomic E-state index is 12.9. The average molecular weight is 256 g/mol. The summed E-state index contributed by atoms with van der Waals surface area (Å²) in [6, 6.07) is 11.9. The smallest absolute Gasteiger partial charge is 0.339 e. The molecule has 0 spiro atoms. The van der Waals surface area contributed by atoms with Crippen LogP contribution in [0.25, 0.3) is 0 Å². The van der Waals surface area contributed by atoms with E-state index in [2.05, 4.69) is 0 Å². The SMILES string of the molecule is Cc1ccc2c(c1)C(=O)OC(c1ccc(F)cc1)C2. The van der Waals surface area contributed by atoms with Gasteiger partial charge in [-0.1, -0.05) is 29.8 Å². The molecule has 0 fully saturated rings. The van der Waals surface area contributed by atoms with Crippen molar-refractivity contribution in [3.63, 3.8) is 0 Å². The van der Waals surface area contributed by atoms with E-state index in [1.54, 1.807) is 12.1 Å². The fourth-order valence-corrected chi connectivity index (χ4v) is 2.36. The molecule has 3 heteroatoms. The van der Waals surface area contributed by atoms with Crippen molar-refractivity contribution in [2.24, 2.45) is 0 Å². The second-order valence-corrected chi connectivity index (χ2v) is 4.81. The van der Waals surface area contributed by atoms with E-state index in [0.29, 0.717) is 12.0 Å². The summed E-state index contributed by atoms with van der Waals surface area (Å²) in [5.74, 6) is -0.596. The van der Waals surface area contributed by atoms with E-state index < -0.39 is 0 Å². The maximum Gasteiger partial charge on any atom is 0.339 e. The molecule has 0 aliphatic carbocycles. The number of esters is 1. The molecule has 1 unspecified atom stereocenters. The Kier molecular flexibility index (Phi) is 2.82. The lowest BCUT2D eigenvalue weighted by molar-refractivity contribution is 0.0252. The number of fused-ring (bicyclic) bond motifs is 1. The van der Waals surface area contributed by atoms with Gasteiger partial charge >= 0.3 is 5.97 Å². The minimum absolute atomic E-state index is 0.290. The first kappa shape index (κ1) is 11.9. The highest BCUT2D eigenvalue weighted by Gasteiger charge is 2.27. The highest BCUT2D eigenvalue weighted by atomic mass is 19.1. The number of cyclic esters (lactones) is 1. The van der Waals surface area contributed by atoms with E-state index >= 15 is 0 Å². The highest BCUT2D eigenvalue weighted by molar-refractivity contribution is 5.92. The molecule has 2 aromatic rings. The number of aryl methyl sites for hydroxylation is 1. The van der Waals surface area contributed by atoms with Crippen LogP contribution in [0.5, 0.6) is 0 Å². The molecule has 0 bridgehead atoms. The highest BCUT2D eigenvalue weighted by Crippen LogP contribution is 2.30. The molecule has 1 heterocycles. The molecule has 2 aromatic carbocycles. The molecule has 1 atom stereocenters. The van der Waals surface area contributed by atoms with Gasteiger partial charge in [-0.15, -0.1) is 0 Å². The van der Waals surface area contributed by atoms with Crippen LogP contribution in [-0.2, 0) is 11.2 Å². The van der Waals surface area contributed by atoms with Gasteiger partial charge in [-0.25, -0.2) is 9.18 Å². The minimum Gasteiger partial charge on any atom is -0.454 e. The summed E-state index contributed by atoms with van der Waals surface area (Å²) in [5.41, 5.74) is 3.48. The number of ether oxygens (including phenoxy) is 1. The molecular weight excluding hydrogens is 243 g/mol. The van der Waals surface area contributed by atoms with Crippen molar-refractivity contribution < 1.29 is 13.9 Å². The Hall–Kier alpha value is -2.16. The minimum atomic E-state index is -0.330. The Morgan fingerprint density at radius 2 is 1.89 bits per heavy atom. The van der Waals surface area contributed by atoms with Crippen molar-refractivity contribution in [1.82, 2.24) is 0 Å². The van der Waals surface area contributed by atoms with E-state index in [4.69, 9.17) is 4.74 Å². The van der Waals surface area contributed by atoms with E-state index in [1.807, 2.05) is 25.1 Å². The first-order valence-electron chi connectivity index (χ1n) is 6.19. The van der Waals surface area contributed by atoms with Gasteiger partial charge in [0.05, 0.1) is 5.56 Å². The van der Waals surface area contributed by atoms with Crippen LogP contribution in [0.2, 0.25) is 0 Å². The van der Waals surface area contributed by atoms with Crippen LogP contribution in [0.1, 0.15) is 33.2 Å². The molecule has 2 nitrogen and oxygen atoms in total. The summed E-state index contributed by atoms with van der Waals surface area (Å²) < 4.78 is 18.3. The van der Waals surface area contributed by atoms with E-state index in [0.717, 1.165) is 16.7 Å². The van der Waals surface area contributed by atoms with Gasteiger partial charge < -0.3 is 4.74 Å². The summed E-state index contributed by atoms with van der Waals surface area (Å²) in [6.45, 7) is 1.94. The molecule has 0 radical (unpaired) electrons. The van der Waals surface area contributed by atoms with Crippen LogP contribution < -0.4 is 0 Å². The van der Waals surface area contributed by atoms with Crippen molar-refractivity contribution in [2.75, 3.05) is 0 Å². The topological polar surface area (TPSA) is 26.3 Å². The molecule has 0 saturated carbocycles. The van der Waals surface area contributed by atoms with Crippen molar-refractivity contribution in [3.05, 3.63) is 70.5 Å². The fraction of sp³-hybridized carbons (Fsp3) is 0.188. The third-order valence-corrected chi connectivity index (χ3v) is 3.38. The Labute approximate surface area is 110 Å². The summed E-state index contributed by atoms with van der Waals surface area (Å²) in [5, 5.41) is 0. The molecule has 1 aliphatic rings. The van der Waals surface area contributed by atoms with Crippen LogP contribution in [0.15, 0.2) is 42.5 Å². The van der Waals surface area contributed by atoms with Crippen LogP contribution in [-0.4, -0.2) is 5.97 Å². The molecule has 0 aromatic heterocycles. The van der Waals surface area contributed by atoms with Crippen molar-refractivity contribution in [2.45, 2.75) is 19.4 Å². The first-order chi connectivity index (χ1) is 9.13. The third kappa shape index (κ3) is 2.24. The van der Waals surface area contributed by atoms with E-state index in [-0.39, 0.29) is 17.9 Å². The maximum absolute atomic E-state index is 12.9. The van der Waals surface area contributed by atoms with Gasteiger partial charge in [0.25, 0.3) is 0 Å². The lowest BCUT2D eigenvalue weighted by atomic mass is 9.93. The van der Waals surface area contributed by atoms with Crippen LogP contribution >= 0.6 is 0 Å². The molecular formula is C16H13FO2. The van der Waals surface area contributed by atoms with Crippen molar-refractivity contribution >= 4 is 5.97 Å².